The third-order valence-electron chi connectivity index (χ3n) is 4.49. The molecule has 6 heteroatoms. The number of benzene rings is 2. The first kappa shape index (κ1) is 14.7. The molecule has 0 fully saturated rings. The van der Waals surface area contributed by atoms with E-state index in [1.54, 1.807) is 13.4 Å². The first-order valence-corrected chi connectivity index (χ1v) is 7.88. The van der Waals surface area contributed by atoms with Gasteiger partial charge in [0.05, 0.1) is 25.2 Å². The Morgan fingerprint density at radius 2 is 1.79 bits per heavy atom. The molecule has 1 aliphatic rings. The largest absolute Gasteiger partial charge is 0.497 e. The van der Waals surface area contributed by atoms with Gasteiger partial charge in [-0.25, -0.2) is 4.68 Å². The number of ether oxygens (including phenoxy) is 1. The summed E-state index contributed by atoms with van der Waals surface area (Å²) in [6.45, 7) is 0. The standard InChI is InChI=1S/C18H19N5O/c1-24-14-9-7-12(8-10-14)16-15(19)17(13-5-3-2-4-6-13)23-18(22-16)20-11-21-23/h2-11,15-17H,19H2,1H3,(H,20,21,22)/t15-,16+,17+/m1/s1. The zero-order chi connectivity index (χ0) is 16.5. The maximum absolute atomic E-state index is 6.65. The smallest absolute Gasteiger partial charge is 0.222 e. The number of hydrogen-bond acceptors (Lipinski definition) is 5. The number of fused-ring (bicyclic) bond motifs is 1. The van der Waals surface area contributed by atoms with Crippen LogP contribution in [-0.4, -0.2) is 27.9 Å². The van der Waals surface area contributed by atoms with E-state index in [1.165, 1.54) is 0 Å². The summed E-state index contributed by atoms with van der Waals surface area (Å²) < 4.78 is 7.10. The molecular weight excluding hydrogens is 302 g/mol. The second kappa shape index (κ2) is 5.98. The molecule has 3 N–H and O–H groups in total. The summed E-state index contributed by atoms with van der Waals surface area (Å²) in [5.74, 6) is 1.55. The van der Waals surface area contributed by atoms with Gasteiger partial charge in [0.2, 0.25) is 5.95 Å². The molecule has 3 aromatic rings. The van der Waals surface area contributed by atoms with Crippen molar-refractivity contribution in [1.29, 1.82) is 0 Å². The van der Waals surface area contributed by atoms with Gasteiger partial charge in [-0.2, -0.15) is 10.1 Å². The molecule has 0 aliphatic carbocycles. The first-order valence-electron chi connectivity index (χ1n) is 7.88. The average molecular weight is 321 g/mol. The van der Waals surface area contributed by atoms with E-state index < -0.39 is 0 Å². The summed E-state index contributed by atoms with van der Waals surface area (Å²) in [4.78, 5) is 4.34. The van der Waals surface area contributed by atoms with Crippen molar-refractivity contribution in [1.82, 2.24) is 14.8 Å². The highest BCUT2D eigenvalue weighted by Crippen LogP contribution is 2.36. The van der Waals surface area contributed by atoms with Crippen LogP contribution >= 0.6 is 0 Å². The summed E-state index contributed by atoms with van der Waals surface area (Å²) in [5, 5.41) is 7.77. The average Bonchev–Trinajstić information content (AvgIpc) is 3.10. The number of nitrogens with two attached hydrogens (primary N) is 1. The quantitative estimate of drug-likeness (QED) is 0.774. The van der Waals surface area contributed by atoms with Crippen LogP contribution in [0.15, 0.2) is 60.9 Å². The van der Waals surface area contributed by atoms with Crippen molar-refractivity contribution in [3.63, 3.8) is 0 Å². The highest BCUT2D eigenvalue weighted by atomic mass is 16.5. The molecule has 24 heavy (non-hydrogen) atoms. The van der Waals surface area contributed by atoms with Gasteiger partial charge in [-0.15, -0.1) is 0 Å². The molecule has 0 radical (unpaired) electrons. The molecular formula is C18H19N5O. The molecule has 2 heterocycles. The maximum Gasteiger partial charge on any atom is 0.222 e. The lowest BCUT2D eigenvalue weighted by molar-refractivity contribution is 0.371. The number of aromatic nitrogens is 3. The van der Waals surface area contributed by atoms with Crippen molar-refractivity contribution in [2.45, 2.75) is 18.1 Å². The predicted molar refractivity (Wildman–Crippen MR) is 91.9 cm³/mol. The Bertz CT molecular complexity index is 815. The normalized spacial score (nSPS) is 22.5. The van der Waals surface area contributed by atoms with E-state index in [0.717, 1.165) is 22.8 Å². The Labute approximate surface area is 140 Å². The zero-order valence-corrected chi connectivity index (χ0v) is 13.3. The topological polar surface area (TPSA) is 78.0 Å². The van der Waals surface area contributed by atoms with Gasteiger partial charge in [0.25, 0.3) is 0 Å². The highest BCUT2D eigenvalue weighted by Gasteiger charge is 2.37. The number of nitrogens with one attached hydrogen (secondary N) is 1. The minimum Gasteiger partial charge on any atom is -0.497 e. The van der Waals surface area contributed by atoms with Crippen molar-refractivity contribution < 1.29 is 4.74 Å². The van der Waals surface area contributed by atoms with E-state index in [9.17, 15) is 0 Å². The summed E-state index contributed by atoms with van der Waals surface area (Å²) >= 11 is 0. The van der Waals surface area contributed by atoms with Crippen LogP contribution in [-0.2, 0) is 0 Å². The summed E-state index contributed by atoms with van der Waals surface area (Å²) in [6, 6.07) is 17.8. The van der Waals surface area contributed by atoms with Gasteiger partial charge < -0.3 is 15.8 Å². The van der Waals surface area contributed by atoms with E-state index in [-0.39, 0.29) is 18.1 Å². The fourth-order valence-electron chi connectivity index (χ4n) is 3.27. The van der Waals surface area contributed by atoms with E-state index in [2.05, 4.69) is 27.5 Å². The lowest BCUT2D eigenvalue weighted by atomic mass is 9.89. The Balaban J connectivity index is 1.75. The van der Waals surface area contributed by atoms with Crippen molar-refractivity contribution >= 4 is 5.95 Å². The third kappa shape index (κ3) is 2.41. The van der Waals surface area contributed by atoms with Crippen LogP contribution in [0.5, 0.6) is 5.75 Å². The molecule has 122 valence electrons. The summed E-state index contributed by atoms with van der Waals surface area (Å²) in [5.41, 5.74) is 8.87. The van der Waals surface area contributed by atoms with Crippen LogP contribution in [0.25, 0.3) is 0 Å². The second-order valence-corrected chi connectivity index (χ2v) is 5.86. The van der Waals surface area contributed by atoms with Gasteiger partial charge in [-0.3, -0.25) is 0 Å². The molecule has 3 atom stereocenters. The predicted octanol–water partition coefficient (Wildman–Crippen LogP) is 2.37. The van der Waals surface area contributed by atoms with Crippen LogP contribution in [0.3, 0.4) is 0 Å². The monoisotopic (exact) mass is 321 g/mol. The summed E-state index contributed by atoms with van der Waals surface area (Å²) in [6.07, 6.45) is 1.56. The zero-order valence-electron chi connectivity index (χ0n) is 13.3. The van der Waals surface area contributed by atoms with Crippen molar-refractivity contribution in [3.8, 4) is 5.75 Å². The number of anilines is 1. The van der Waals surface area contributed by atoms with Crippen LogP contribution in [0, 0.1) is 0 Å². The first-order chi connectivity index (χ1) is 11.8. The van der Waals surface area contributed by atoms with Crippen molar-refractivity contribution in [2.75, 3.05) is 12.4 Å². The molecule has 0 unspecified atom stereocenters. The molecule has 0 saturated carbocycles. The van der Waals surface area contributed by atoms with E-state index >= 15 is 0 Å². The minimum atomic E-state index is -0.185. The van der Waals surface area contributed by atoms with Gasteiger partial charge in [-0.1, -0.05) is 42.5 Å². The van der Waals surface area contributed by atoms with Crippen molar-refractivity contribution in [3.05, 3.63) is 72.1 Å². The molecule has 6 nitrogen and oxygen atoms in total. The molecule has 0 spiro atoms. The van der Waals surface area contributed by atoms with Crippen LogP contribution < -0.4 is 15.8 Å². The second-order valence-electron chi connectivity index (χ2n) is 5.86. The number of rotatable bonds is 3. The Morgan fingerprint density at radius 1 is 1.04 bits per heavy atom. The maximum atomic E-state index is 6.65. The lowest BCUT2D eigenvalue weighted by Gasteiger charge is -2.37. The van der Waals surface area contributed by atoms with Crippen LogP contribution in [0.2, 0.25) is 0 Å². The SMILES string of the molecule is COc1ccc([C@@H]2Nc3ncnn3[C@@H](c3ccccc3)[C@@H]2N)cc1. The van der Waals surface area contributed by atoms with Crippen molar-refractivity contribution in [2.24, 2.45) is 5.73 Å². The minimum absolute atomic E-state index is 0.0576. The molecule has 0 bridgehead atoms. The Kier molecular flexibility index (Phi) is 3.66. The Hall–Kier alpha value is -2.86. The van der Waals surface area contributed by atoms with Gasteiger partial charge in [0.15, 0.2) is 0 Å². The molecule has 0 amide bonds. The lowest BCUT2D eigenvalue weighted by Crippen LogP contribution is -2.46. The van der Waals surface area contributed by atoms with Crippen LogP contribution in [0.1, 0.15) is 23.2 Å². The molecule has 2 aromatic carbocycles. The highest BCUT2D eigenvalue weighted by molar-refractivity contribution is 5.42. The molecule has 1 aromatic heterocycles. The van der Waals surface area contributed by atoms with E-state index in [1.807, 2.05) is 47.1 Å². The third-order valence-corrected chi connectivity index (χ3v) is 4.49. The van der Waals surface area contributed by atoms with E-state index in [4.69, 9.17) is 10.5 Å². The van der Waals surface area contributed by atoms with Gasteiger partial charge >= 0.3 is 0 Å². The molecule has 0 saturated heterocycles. The number of nitrogens with zero attached hydrogens (tertiary/aromatic N) is 3. The molecule has 1 aliphatic heterocycles. The van der Waals surface area contributed by atoms with Gasteiger partial charge in [-0.05, 0) is 23.3 Å². The van der Waals surface area contributed by atoms with E-state index in [0.29, 0.717) is 0 Å². The summed E-state index contributed by atoms with van der Waals surface area (Å²) in [7, 11) is 1.66. The van der Waals surface area contributed by atoms with Gasteiger partial charge in [0, 0.05) is 0 Å². The number of hydrogen-bond donors (Lipinski definition) is 2. The Morgan fingerprint density at radius 3 is 2.50 bits per heavy atom. The fraction of sp³-hybridized carbons (Fsp3) is 0.222. The number of methoxy groups -OCH3 is 1. The fourth-order valence-corrected chi connectivity index (χ4v) is 3.27. The van der Waals surface area contributed by atoms with Crippen LogP contribution in [0.4, 0.5) is 5.95 Å². The molecule has 4 rings (SSSR count). The van der Waals surface area contributed by atoms with Gasteiger partial charge in [0.1, 0.15) is 12.1 Å².